The summed E-state index contributed by atoms with van der Waals surface area (Å²) in [6, 6.07) is 13.3. The fraction of sp³-hybridized carbons (Fsp3) is 0.300. The van der Waals surface area contributed by atoms with Gasteiger partial charge in [-0.3, -0.25) is 14.8 Å². The summed E-state index contributed by atoms with van der Waals surface area (Å²) in [6.45, 7) is 4.78. The van der Waals surface area contributed by atoms with Crippen molar-refractivity contribution >= 4 is 11.8 Å². The van der Waals surface area contributed by atoms with E-state index in [9.17, 15) is 9.59 Å². The number of ether oxygens (including phenoxy) is 1. The zero-order chi connectivity index (χ0) is 19.8. The second kappa shape index (κ2) is 9.82. The molecule has 0 saturated carbocycles. The lowest BCUT2D eigenvalue weighted by atomic mass is 10.0. The molecule has 2 aromatic rings. The minimum Gasteiger partial charge on any atom is -0.377 e. The van der Waals surface area contributed by atoms with E-state index >= 15 is 0 Å². The lowest BCUT2D eigenvalue weighted by Gasteiger charge is -2.20. The summed E-state index contributed by atoms with van der Waals surface area (Å²) in [4.78, 5) is 23.9. The van der Waals surface area contributed by atoms with Crippen molar-refractivity contribution in [3.63, 3.8) is 0 Å². The average Bonchev–Trinajstić information content (AvgIpc) is 2.70. The molecule has 0 aromatic heterocycles. The van der Waals surface area contributed by atoms with Crippen LogP contribution in [0.1, 0.15) is 29.8 Å². The number of hydroxylamine groups is 1. The monoisotopic (exact) mass is 371 g/mol. The molecule has 0 unspecified atom stereocenters. The van der Waals surface area contributed by atoms with Crippen molar-refractivity contribution in [3.8, 4) is 11.1 Å². The fourth-order valence-corrected chi connectivity index (χ4v) is 2.56. The molecule has 2 aromatic carbocycles. The van der Waals surface area contributed by atoms with Gasteiger partial charge in [0, 0.05) is 18.2 Å². The van der Waals surface area contributed by atoms with E-state index in [4.69, 9.17) is 15.7 Å². The van der Waals surface area contributed by atoms with Crippen LogP contribution in [-0.4, -0.2) is 35.7 Å². The van der Waals surface area contributed by atoms with Crippen molar-refractivity contribution < 1.29 is 19.5 Å². The summed E-state index contributed by atoms with van der Waals surface area (Å²) in [5.74, 6) is -1.21. The summed E-state index contributed by atoms with van der Waals surface area (Å²) in [5.41, 5.74) is 10.7. The van der Waals surface area contributed by atoms with Crippen LogP contribution in [0.3, 0.4) is 0 Å². The van der Waals surface area contributed by atoms with E-state index < -0.39 is 23.9 Å². The number of nitrogens with two attached hydrogens (primary N) is 1. The molecule has 0 aliphatic heterocycles. The van der Waals surface area contributed by atoms with Gasteiger partial charge in [0.05, 0.1) is 6.61 Å². The summed E-state index contributed by atoms with van der Waals surface area (Å²) >= 11 is 0. The Morgan fingerprint density at radius 1 is 1.07 bits per heavy atom. The molecule has 27 heavy (non-hydrogen) atoms. The van der Waals surface area contributed by atoms with Gasteiger partial charge in [-0.15, -0.1) is 0 Å². The molecule has 0 radical (unpaired) electrons. The predicted octanol–water partition coefficient (Wildman–Crippen LogP) is 1.84. The molecule has 0 bridgehead atoms. The molecule has 0 fully saturated rings. The highest BCUT2D eigenvalue weighted by atomic mass is 16.5. The van der Waals surface area contributed by atoms with Crippen molar-refractivity contribution in [1.82, 2.24) is 10.8 Å². The topological polar surface area (TPSA) is 114 Å². The normalized spacial score (nSPS) is 12.9. The van der Waals surface area contributed by atoms with E-state index in [1.807, 2.05) is 43.3 Å². The van der Waals surface area contributed by atoms with Crippen LogP contribution < -0.4 is 16.5 Å². The van der Waals surface area contributed by atoms with Gasteiger partial charge < -0.3 is 15.8 Å². The molecule has 0 spiro atoms. The number of hydrogen-bond donors (Lipinski definition) is 4. The van der Waals surface area contributed by atoms with Crippen molar-refractivity contribution in [3.05, 3.63) is 59.7 Å². The van der Waals surface area contributed by atoms with Crippen LogP contribution >= 0.6 is 0 Å². The second-order valence-electron chi connectivity index (χ2n) is 6.20. The first-order chi connectivity index (χ1) is 13.0. The van der Waals surface area contributed by atoms with E-state index in [0.717, 1.165) is 16.7 Å². The van der Waals surface area contributed by atoms with Gasteiger partial charge in [-0.2, -0.15) is 0 Å². The lowest BCUT2D eigenvalue weighted by molar-refractivity contribution is -0.131. The minimum absolute atomic E-state index is 0.392. The Morgan fingerprint density at radius 3 is 2.11 bits per heavy atom. The Labute approximate surface area is 158 Å². The summed E-state index contributed by atoms with van der Waals surface area (Å²) < 4.78 is 5.38. The summed E-state index contributed by atoms with van der Waals surface area (Å²) in [6.07, 6.45) is 0. The standard InChI is InChI=1S/C20H25N3O4/c1-3-27-12-14-4-6-15(7-5-14)16-8-10-17(11-9-16)19(24)22-18(13(2)21)20(25)23-26/h4-11,13,18,26H,3,12,21H2,1-2H3,(H,22,24)(H,23,25)/t13-,18+/m1/s1. The van der Waals surface area contributed by atoms with Gasteiger partial charge in [-0.1, -0.05) is 36.4 Å². The van der Waals surface area contributed by atoms with E-state index in [-0.39, 0.29) is 0 Å². The van der Waals surface area contributed by atoms with Crippen LogP contribution in [0.25, 0.3) is 11.1 Å². The van der Waals surface area contributed by atoms with Crippen molar-refractivity contribution in [2.45, 2.75) is 32.5 Å². The molecule has 0 saturated heterocycles. The zero-order valence-electron chi connectivity index (χ0n) is 15.4. The van der Waals surface area contributed by atoms with E-state index in [1.165, 1.54) is 5.48 Å². The first-order valence-electron chi connectivity index (χ1n) is 8.73. The quantitative estimate of drug-likeness (QED) is 0.418. The number of hydrogen-bond acceptors (Lipinski definition) is 5. The number of rotatable bonds is 8. The van der Waals surface area contributed by atoms with Gasteiger partial charge in [-0.25, -0.2) is 5.48 Å². The smallest absolute Gasteiger partial charge is 0.267 e. The number of amides is 2. The third-order valence-corrected chi connectivity index (χ3v) is 4.11. The maximum Gasteiger partial charge on any atom is 0.267 e. The number of carbonyl (C=O) groups is 2. The third-order valence-electron chi connectivity index (χ3n) is 4.11. The SMILES string of the molecule is CCOCc1ccc(-c2ccc(C(=O)N[C@H](C(=O)NO)[C@@H](C)N)cc2)cc1. The molecule has 144 valence electrons. The highest BCUT2D eigenvalue weighted by Crippen LogP contribution is 2.21. The van der Waals surface area contributed by atoms with Crippen LogP contribution in [0, 0.1) is 0 Å². The van der Waals surface area contributed by atoms with Crippen molar-refractivity contribution in [2.24, 2.45) is 5.73 Å². The Hall–Kier alpha value is -2.74. The van der Waals surface area contributed by atoms with Crippen LogP contribution in [0.15, 0.2) is 48.5 Å². The highest BCUT2D eigenvalue weighted by molar-refractivity contribution is 5.98. The molecule has 2 rings (SSSR count). The van der Waals surface area contributed by atoms with Gasteiger partial charge in [0.1, 0.15) is 6.04 Å². The van der Waals surface area contributed by atoms with Crippen molar-refractivity contribution in [1.29, 1.82) is 0 Å². The number of benzene rings is 2. The van der Waals surface area contributed by atoms with E-state index in [1.54, 1.807) is 19.1 Å². The molecule has 0 heterocycles. The van der Waals surface area contributed by atoms with Gasteiger partial charge in [0.2, 0.25) is 0 Å². The van der Waals surface area contributed by atoms with E-state index in [0.29, 0.717) is 18.8 Å². The van der Waals surface area contributed by atoms with Crippen LogP contribution in [-0.2, 0) is 16.1 Å². The second-order valence-corrected chi connectivity index (χ2v) is 6.20. The molecular weight excluding hydrogens is 346 g/mol. The maximum atomic E-state index is 12.3. The predicted molar refractivity (Wildman–Crippen MR) is 102 cm³/mol. The number of nitrogens with one attached hydrogen (secondary N) is 2. The zero-order valence-corrected chi connectivity index (χ0v) is 15.4. The first-order valence-corrected chi connectivity index (χ1v) is 8.73. The van der Waals surface area contributed by atoms with Crippen molar-refractivity contribution in [2.75, 3.05) is 6.61 Å². The highest BCUT2D eigenvalue weighted by Gasteiger charge is 2.24. The van der Waals surface area contributed by atoms with Gasteiger partial charge in [0.25, 0.3) is 11.8 Å². The van der Waals surface area contributed by atoms with Crippen LogP contribution in [0.5, 0.6) is 0 Å². The Kier molecular flexibility index (Phi) is 7.48. The Balaban J connectivity index is 2.07. The fourth-order valence-electron chi connectivity index (χ4n) is 2.56. The Bertz CT molecular complexity index is 758. The first kappa shape index (κ1) is 20.6. The lowest BCUT2D eigenvalue weighted by Crippen LogP contribution is -2.54. The number of carbonyl (C=O) groups excluding carboxylic acids is 2. The van der Waals surface area contributed by atoms with Gasteiger partial charge in [0.15, 0.2) is 0 Å². The van der Waals surface area contributed by atoms with Gasteiger partial charge in [-0.05, 0) is 42.7 Å². The molecule has 0 aliphatic carbocycles. The molecule has 7 nitrogen and oxygen atoms in total. The summed E-state index contributed by atoms with van der Waals surface area (Å²) in [5, 5.41) is 11.3. The van der Waals surface area contributed by atoms with Crippen LogP contribution in [0.2, 0.25) is 0 Å². The molecule has 2 atom stereocenters. The molecule has 5 N–H and O–H groups in total. The molecular formula is C20H25N3O4. The Morgan fingerprint density at radius 2 is 1.63 bits per heavy atom. The molecule has 0 aliphatic rings. The van der Waals surface area contributed by atoms with Gasteiger partial charge >= 0.3 is 0 Å². The molecule has 7 heteroatoms. The maximum absolute atomic E-state index is 12.3. The third kappa shape index (κ3) is 5.62. The largest absolute Gasteiger partial charge is 0.377 e. The van der Waals surface area contributed by atoms with E-state index in [2.05, 4.69) is 5.32 Å². The summed E-state index contributed by atoms with van der Waals surface area (Å²) in [7, 11) is 0. The average molecular weight is 371 g/mol. The molecule has 2 amide bonds. The minimum atomic E-state index is -1.03. The van der Waals surface area contributed by atoms with Crippen LogP contribution in [0.4, 0.5) is 0 Å².